The first kappa shape index (κ1) is 20.5. The first-order valence-corrected chi connectivity index (χ1v) is 11.1. The molecule has 0 saturated carbocycles. The van der Waals surface area contributed by atoms with E-state index < -0.39 is 10.0 Å². The SMILES string of the molecule is CC(C)(C)c1cc2nc(CNC(=O)C3CCN(S(C)(=O)=O)CC3)cc(=O)n2[nH]1. The van der Waals surface area contributed by atoms with Crippen LogP contribution in [-0.4, -0.2) is 52.6 Å². The molecular weight excluding hydrogens is 382 g/mol. The summed E-state index contributed by atoms with van der Waals surface area (Å²) in [6.07, 6.45) is 2.15. The molecule has 0 aromatic carbocycles. The Morgan fingerprint density at radius 3 is 2.50 bits per heavy atom. The summed E-state index contributed by atoms with van der Waals surface area (Å²) in [6, 6.07) is 3.25. The van der Waals surface area contributed by atoms with Crippen molar-refractivity contribution in [3.05, 3.63) is 33.9 Å². The summed E-state index contributed by atoms with van der Waals surface area (Å²) in [6.45, 7) is 6.98. The Hall–Kier alpha value is -2.20. The van der Waals surface area contributed by atoms with Gasteiger partial charge in [-0.25, -0.2) is 22.2 Å². The average molecular weight is 410 g/mol. The van der Waals surface area contributed by atoms with Gasteiger partial charge in [0.1, 0.15) is 0 Å². The van der Waals surface area contributed by atoms with Crippen molar-refractivity contribution in [3.63, 3.8) is 0 Å². The zero-order chi connectivity index (χ0) is 20.7. The van der Waals surface area contributed by atoms with Crippen molar-refractivity contribution in [2.24, 2.45) is 5.92 Å². The summed E-state index contributed by atoms with van der Waals surface area (Å²) < 4.78 is 25.9. The molecule has 1 amide bonds. The second-order valence-electron chi connectivity index (χ2n) is 8.35. The van der Waals surface area contributed by atoms with Crippen LogP contribution in [0.1, 0.15) is 45.0 Å². The van der Waals surface area contributed by atoms with Crippen LogP contribution < -0.4 is 10.9 Å². The predicted molar refractivity (Wildman–Crippen MR) is 106 cm³/mol. The number of hydrogen-bond acceptors (Lipinski definition) is 5. The number of rotatable bonds is 4. The van der Waals surface area contributed by atoms with Crippen LogP contribution in [0.4, 0.5) is 0 Å². The number of H-pyrrole nitrogens is 1. The van der Waals surface area contributed by atoms with Gasteiger partial charge in [-0.05, 0) is 12.8 Å². The highest BCUT2D eigenvalue weighted by Crippen LogP contribution is 2.21. The maximum Gasteiger partial charge on any atom is 0.272 e. The third-order valence-corrected chi connectivity index (χ3v) is 6.35. The Balaban J connectivity index is 1.65. The number of nitrogens with one attached hydrogen (secondary N) is 2. The van der Waals surface area contributed by atoms with Gasteiger partial charge in [-0.2, -0.15) is 0 Å². The first-order chi connectivity index (χ1) is 12.9. The zero-order valence-corrected chi connectivity index (χ0v) is 17.5. The minimum atomic E-state index is -3.21. The number of carbonyl (C=O) groups is 1. The molecule has 28 heavy (non-hydrogen) atoms. The zero-order valence-electron chi connectivity index (χ0n) is 16.7. The number of nitrogens with zero attached hydrogens (tertiary/aromatic N) is 3. The fourth-order valence-electron chi connectivity index (χ4n) is 3.29. The summed E-state index contributed by atoms with van der Waals surface area (Å²) in [5.41, 5.74) is 1.53. The fraction of sp³-hybridized carbons (Fsp3) is 0.611. The standard InChI is InChI=1S/C18H27N5O4S/c1-18(2,3)14-10-15-20-13(9-16(24)23(15)21-14)11-19-17(25)12-5-7-22(8-6-12)28(4,26)27/h9-10,12,21H,5-8,11H2,1-4H3,(H,19,25). The lowest BCUT2D eigenvalue weighted by molar-refractivity contribution is -0.126. The second-order valence-corrected chi connectivity index (χ2v) is 10.3. The molecule has 1 fully saturated rings. The highest BCUT2D eigenvalue weighted by molar-refractivity contribution is 7.88. The number of sulfonamides is 1. The van der Waals surface area contributed by atoms with Crippen LogP contribution in [-0.2, 0) is 26.8 Å². The van der Waals surface area contributed by atoms with Crippen molar-refractivity contribution in [3.8, 4) is 0 Å². The fourth-order valence-corrected chi connectivity index (χ4v) is 4.16. The maximum absolute atomic E-state index is 12.4. The van der Waals surface area contributed by atoms with Gasteiger partial charge >= 0.3 is 0 Å². The van der Waals surface area contributed by atoms with Crippen molar-refractivity contribution in [2.75, 3.05) is 19.3 Å². The molecule has 0 atom stereocenters. The van der Waals surface area contributed by atoms with Gasteiger partial charge in [-0.1, -0.05) is 20.8 Å². The van der Waals surface area contributed by atoms with Gasteiger partial charge in [0.05, 0.1) is 18.5 Å². The highest BCUT2D eigenvalue weighted by atomic mass is 32.2. The van der Waals surface area contributed by atoms with Crippen LogP contribution in [0.3, 0.4) is 0 Å². The molecule has 0 radical (unpaired) electrons. The van der Waals surface area contributed by atoms with E-state index in [1.165, 1.54) is 21.1 Å². The number of piperidine rings is 1. The molecule has 3 heterocycles. The Kier molecular flexibility index (Phi) is 5.37. The van der Waals surface area contributed by atoms with Crippen LogP contribution in [0.2, 0.25) is 0 Å². The van der Waals surface area contributed by atoms with Crippen molar-refractivity contribution in [1.82, 2.24) is 24.2 Å². The number of carbonyl (C=O) groups excluding carboxylic acids is 1. The van der Waals surface area contributed by atoms with Crippen molar-refractivity contribution in [2.45, 2.75) is 45.6 Å². The molecule has 1 aliphatic rings. The molecule has 2 N–H and O–H groups in total. The molecule has 0 unspecified atom stereocenters. The Bertz CT molecular complexity index is 1040. The predicted octanol–water partition coefficient (Wildman–Crippen LogP) is 0.608. The summed E-state index contributed by atoms with van der Waals surface area (Å²) >= 11 is 0. The largest absolute Gasteiger partial charge is 0.350 e. The molecule has 0 spiro atoms. The van der Waals surface area contributed by atoms with Crippen LogP contribution in [0.25, 0.3) is 5.65 Å². The maximum atomic E-state index is 12.4. The topological polar surface area (TPSA) is 117 Å². The minimum Gasteiger partial charge on any atom is -0.350 e. The van der Waals surface area contributed by atoms with Gasteiger partial charge in [-0.15, -0.1) is 0 Å². The number of fused-ring (bicyclic) bond motifs is 1. The normalized spacial score (nSPS) is 17.1. The van der Waals surface area contributed by atoms with E-state index >= 15 is 0 Å². The quantitative estimate of drug-likeness (QED) is 0.767. The van der Waals surface area contributed by atoms with Gasteiger partial charge in [0.2, 0.25) is 15.9 Å². The summed E-state index contributed by atoms with van der Waals surface area (Å²) in [4.78, 5) is 29.2. The Morgan fingerprint density at radius 1 is 1.29 bits per heavy atom. The molecule has 0 bridgehead atoms. The highest BCUT2D eigenvalue weighted by Gasteiger charge is 2.28. The van der Waals surface area contributed by atoms with E-state index in [1.54, 1.807) is 0 Å². The molecule has 154 valence electrons. The van der Waals surface area contributed by atoms with Gasteiger partial charge in [0.25, 0.3) is 5.56 Å². The lowest BCUT2D eigenvalue weighted by Gasteiger charge is -2.29. The van der Waals surface area contributed by atoms with E-state index in [2.05, 4.69) is 15.4 Å². The van der Waals surface area contributed by atoms with Gasteiger partial charge < -0.3 is 5.32 Å². The lowest BCUT2D eigenvalue weighted by Crippen LogP contribution is -2.42. The Labute approximate surface area is 164 Å². The molecular formula is C18H27N5O4S. The Morgan fingerprint density at radius 2 is 1.93 bits per heavy atom. The van der Waals surface area contributed by atoms with E-state index in [9.17, 15) is 18.0 Å². The first-order valence-electron chi connectivity index (χ1n) is 9.30. The van der Waals surface area contributed by atoms with E-state index in [0.29, 0.717) is 37.3 Å². The van der Waals surface area contributed by atoms with Crippen LogP contribution >= 0.6 is 0 Å². The molecule has 2 aromatic rings. The molecule has 3 rings (SSSR count). The van der Waals surface area contributed by atoms with E-state index in [-0.39, 0.29) is 29.3 Å². The van der Waals surface area contributed by atoms with Gasteiger partial charge in [0.15, 0.2) is 5.65 Å². The van der Waals surface area contributed by atoms with E-state index in [4.69, 9.17) is 0 Å². The molecule has 0 aliphatic carbocycles. The van der Waals surface area contributed by atoms with Gasteiger partial charge in [0, 0.05) is 42.2 Å². The minimum absolute atomic E-state index is 0.139. The number of amides is 1. The third-order valence-electron chi connectivity index (χ3n) is 5.05. The molecule has 1 saturated heterocycles. The third kappa shape index (κ3) is 4.44. The van der Waals surface area contributed by atoms with Crippen molar-refractivity contribution >= 4 is 21.6 Å². The molecule has 2 aromatic heterocycles. The van der Waals surface area contributed by atoms with Crippen LogP contribution in [0.15, 0.2) is 16.9 Å². The van der Waals surface area contributed by atoms with Crippen LogP contribution in [0, 0.1) is 5.92 Å². The molecule has 1 aliphatic heterocycles. The lowest BCUT2D eigenvalue weighted by atomic mass is 9.93. The smallest absolute Gasteiger partial charge is 0.272 e. The van der Waals surface area contributed by atoms with E-state index in [1.807, 2.05) is 26.8 Å². The van der Waals surface area contributed by atoms with Crippen molar-refractivity contribution in [1.29, 1.82) is 0 Å². The average Bonchev–Trinajstić information content (AvgIpc) is 3.04. The number of aromatic nitrogens is 3. The van der Waals surface area contributed by atoms with Crippen molar-refractivity contribution < 1.29 is 13.2 Å². The summed E-state index contributed by atoms with van der Waals surface area (Å²) in [5, 5.41) is 5.89. The molecule has 10 heteroatoms. The monoisotopic (exact) mass is 409 g/mol. The van der Waals surface area contributed by atoms with Gasteiger partial charge in [-0.3, -0.25) is 14.7 Å². The number of hydrogen-bond donors (Lipinski definition) is 2. The second kappa shape index (κ2) is 7.32. The van der Waals surface area contributed by atoms with E-state index in [0.717, 1.165) is 5.69 Å². The summed E-state index contributed by atoms with van der Waals surface area (Å²) in [7, 11) is -3.21. The molecule has 9 nitrogen and oxygen atoms in total. The summed E-state index contributed by atoms with van der Waals surface area (Å²) in [5.74, 6) is -0.373. The number of aromatic amines is 1. The van der Waals surface area contributed by atoms with Crippen LogP contribution in [0.5, 0.6) is 0 Å².